The Morgan fingerprint density at radius 2 is 1.18 bits per heavy atom. The molecule has 1 saturated carbocycles. The molecule has 0 radical (unpaired) electrons. The Morgan fingerprint density at radius 3 is 1.77 bits per heavy atom. The number of rotatable bonds is 11. The molecule has 3 nitrogen and oxygen atoms in total. The number of hydrogen-bond acceptors (Lipinski definition) is 3. The summed E-state index contributed by atoms with van der Waals surface area (Å²) in [5.41, 5.74) is 0. The van der Waals surface area contributed by atoms with Crippen molar-refractivity contribution in [3.8, 4) is 0 Å². The molecule has 0 atom stereocenters. The molecule has 0 amide bonds. The zero-order valence-corrected chi connectivity index (χ0v) is 14.7. The minimum absolute atomic E-state index is 0.968. The Kier molecular flexibility index (Phi) is 10.2. The van der Waals surface area contributed by atoms with E-state index in [0.29, 0.717) is 0 Å². The van der Waals surface area contributed by atoms with Crippen molar-refractivity contribution in [1.29, 1.82) is 0 Å². The van der Waals surface area contributed by atoms with Crippen LogP contribution in [0, 0.1) is 11.8 Å². The molecule has 1 aliphatic carbocycles. The molecule has 1 saturated heterocycles. The van der Waals surface area contributed by atoms with Gasteiger partial charge in [0.05, 0.1) is 0 Å². The minimum Gasteiger partial charge on any atom is -0.317 e. The predicted molar refractivity (Wildman–Crippen MR) is 96.4 cm³/mol. The van der Waals surface area contributed by atoms with Crippen molar-refractivity contribution in [2.24, 2.45) is 11.8 Å². The number of unbranched alkanes of at least 4 members (excludes halogenated alkanes) is 1. The molecule has 0 unspecified atom stereocenters. The van der Waals surface area contributed by atoms with Crippen LogP contribution in [0.2, 0.25) is 0 Å². The third-order valence-electron chi connectivity index (χ3n) is 5.60. The van der Waals surface area contributed by atoms with Crippen LogP contribution in [0.25, 0.3) is 0 Å². The molecule has 0 bridgehead atoms. The lowest BCUT2D eigenvalue weighted by Crippen LogP contribution is -2.30. The summed E-state index contributed by atoms with van der Waals surface area (Å²) in [6, 6.07) is 0. The molecule has 0 spiro atoms. The quantitative estimate of drug-likeness (QED) is 0.513. The fraction of sp³-hybridized carbons (Fsp3) is 1.00. The average Bonchev–Trinajstić information content (AvgIpc) is 2.58. The van der Waals surface area contributed by atoms with Crippen LogP contribution in [-0.2, 0) is 0 Å². The highest BCUT2D eigenvalue weighted by Gasteiger charge is 2.12. The second-order valence-electron chi connectivity index (χ2n) is 7.48. The van der Waals surface area contributed by atoms with Gasteiger partial charge in [0.15, 0.2) is 0 Å². The number of piperidine rings is 1. The lowest BCUT2D eigenvalue weighted by Gasteiger charge is -2.22. The third kappa shape index (κ3) is 8.50. The van der Waals surface area contributed by atoms with Crippen molar-refractivity contribution in [1.82, 2.24) is 16.0 Å². The summed E-state index contributed by atoms with van der Waals surface area (Å²) in [4.78, 5) is 0. The molecular weight excluding hydrogens is 270 g/mol. The SMILES string of the molecule is C1CCC(CCNCCCCNCCC2CCNCC2)CC1. The molecule has 130 valence electrons. The van der Waals surface area contributed by atoms with Crippen molar-refractivity contribution < 1.29 is 0 Å². The first-order valence-electron chi connectivity index (χ1n) is 10.1. The van der Waals surface area contributed by atoms with Crippen LogP contribution in [0.3, 0.4) is 0 Å². The molecule has 2 aliphatic rings. The van der Waals surface area contributed by atoms with Crippen molar-refractivity contribution >= 4 is 0 Å². The van der Waals surface area contributed by atoms with Gasteiger partial charge in [-0.3, -0.25) is 0 Å². The van der Waals surface area contributed by atoms with Gasteiger partial charge in [-0.05, 0) is 89.6 Å². The van der Waals surface area contributed by atoms with Gasteiger partial charge in [0.25, 0.3) is 0 Å². The Labute approximate surface area is 138 Å². The van der Waals surface area contributed by atoms with Gasteiger partial charge in [-0.1, -0.05) is 32.1 Å². The van der Waals surface area contributed by atoms with E-state index in [1.165, 1.54) is 110 Å². The van der Waals surface area contributed by atoms with Crippen LogP contribution in [0.5, 0.6) is 0 Å². The average molecular weight is 310 g/mol. The molecule has 0 aromatic carbocycles. The summed E-state index contributed by atoms with van der Waals surface area (Å²) >= 11 is 0. The van der Waals surface area contributed by atoms with E-state index in [4.69, 9.17) is 0 Å². The van der Waals surface area contributed by atoms with E-state index in [-0.39, 0.29) is 0 Å². The molecule has 2 rings (SSSR count). The molecule has 3 N–H and O–H groups in total. The molecule has 0 aromatic rings. The third-order valence-corrected chi connectivity index (χ3v) is 5.60. The van der Waals surface area contributed by atoms with Gasteiger partial charge in [0.2, 0.25) is 0 Å². The maximum absolute atomic E-state index is 3.64. The first kappa shape index (κ1) is 18.2. The Bertz CT molecular complexity index is 219. The first-order valence-corrected chi connectivity index (χ1v) is 10.1. The maximum Gasteiger partial charge on any atom is -0.00463 e. The summed E-state index contributed by atoms with van der Waals surface area (Å²) in [7, 11) is 0. The monoisotopic (exact) mass is 309 g/mol. The zero-order valence-electron chi connectivity index (χ0n) is 14.7. The Balaban J connectivity index is 1.28. The van der Waals surface area contributed by atoms with Crippen LogP contribution in [0.4, 0.5) is 0 Å². The summed E-state index contributed by atoms with van der Waals surface area (Å²) in [5, 5.41) is 10.7. The Morgan fingerprint density at radius 1 is 0.636 bits per heavy atom. The van der Waals surface area contributed by atoms with Gasteiger partial charge in [0, 0.05) is 0 Å². The van der Waals surface area contributed by atoms with Crippen LogP contribution in [0.15, 0.2) is 0 Å². The standard InChI is InChI=1S/C19H39N3/c1-2-6-18(7-3-1)8-14-20-12-4-5-13-21-15-9-19-10-16-22-17-11-19/h18-22H,1-17H2. The second kappa shape index (κ2) is 12.3. The Hall–Kier alpha value is -0.120. The smallest absolute Gasteiger partial charge is 0.00463 e. The van der Waals surface area contributed by atoms with Gasteiger partial charge in [-0.25, -0.2) is 0 Å². The zero-order chi connectivity index (χ0) is 15.3. The second-order valence-corrected chi connectivity index (χ2v) is 7.48. The molecule has 22 heavy (non-hydrogen) atoms. The first-order chi connectivity index (χ1) is 10.9. The summed E-state index contributed by atoms with van der Waals surface area (Å²) in [5.74, 6) is 1.99. The molecule has 3 heteroatoms. The lowest BCUT2D eigenvalue weighted by atomic mass is 9.87. The normalized spacial score (nSPS) is 21.3. The summed E-state index contributed by atoms with van der Waals surface area (Å²) in [6.45, 7) is 7.35. The van der Waals surface area contributed by atoms with E-state index in [2.05, 4.69) is 16.0 Å². The van der Waals surface area contributed by atoms with Gasteiger partial charge in [-0.2, -0.15) is 0 Å². The van der Waals surface area contributed by atoms with Gasteiger partial charge < -0.3 is 16.0 Å². The van der Waals surface area contributed by atoms with Crippen molar-refractivity contribution in [2.75, 3.05) is 39.3 Å². The van der Waals surface area contributed by atoms with Gasteiger partial charge in [-0.15, -0.1) is 0 Å². The lowest BCUT2D eigenvalue weighted by molar-refractivity contribution is 0.333. The molecule has 2 fully saturated rings. The molecule has 1 heterocycles. The van der Waals surface area contributed by atoms with Crippen LogP contribution in [-0.4, -0.2) is 39.3 Å². The van der Waals surface area contributed by atoms with Crippen molar-refractivity contribution in [3.63, 3.8) is 0 Å². The van der Waals surface area contributed by atoms with Crippen LogP contribution < -0.4 is 16.0 Å². The maximum atomic E-state index is 3.64. The van der Waals surface area contributed by atoms with Gasteiger partial charge in [0.1, 0.15) is 0 Å². The van der Waals surface area contributed by atoms with E-state index in [9.17, 15) is 0 Å². The van der Waals surface area contributed by atoms with Crippen LogP contribution in [0.1, 0.15) is 70.6 Å². The summed E-state index contributed by atoms with van der Waals surface area (Å²) in [6.07, 6.45) is 15.6. The molecule has 1 aliphatic heterocycles. The number of hydrogen-bond donors (Lipinski definition) is 3. The predicted octanol–water partition coefficient (Wildman–Crippen LogP) is 3.31. The van der Waals surface area contributed by atoms with E-state index in [0.717, 1.165) is 11.8 Å². The van der Waals surface area contributed by atoms with Gasteiger partial charge >= 0.3 is 0 Å². The highest BCUT2D eigenvalue weighted by Crippen LogP contribution is 2.25. The van der Waals surface area contributed by atoms with Crippen molar-refractivity contribution in [2.45, 2.75) is 70.6 Å². The van der Waals surface area contributed by atoms with E-state index < -0.39 is 0 Å². The van der Waals surface area contributed by atoms with E-state index >= 15 is 0 Å². The minimum atomic E-state index is 0.968. The topological polar surface area (TPSA) is 36.1 Å². The molecule has 0 aromatic heterocycles. The van der Waals surface area contributed by atoms with E-state index in [1.54, 1.807) is 0 Å². The van der Waals surface area contributed by atoms with E-state index in [1.807, 2.05) is 0 Å². The van der Waals surface area contributed by atoms with Crippen LogP contribution >= 0.6 is 0 Å². The molecular formula is C19H39N3. The highest BCUT2D eigenvalue weighted by molar-refractivity contribution is 4.69. The fourth-order valence-corrected chi connectivity index (χ4v) is 4.01. The largest absolute Gasteiger partial charge is 0.317 e. The number of nitrogens with one attached hydrogen (secondary N) is 3. The highest BCUT2D eigenvalue weighted by atomic mass is 14.9. The summed E-state index contributed by atoms with van der Waals surface area (Å²) < 4.78 is 0. The van der Waals surface area contributed by atoms with Crippen molar-refractivity contribution in [3.05, 3.63) is 0 Å². The fourth-order valence-electron chi connectivity index (χ4n) is 4.01.